The summed E-state index contributed by atoms with van der Waals surface area (Å²) in [5.74, 6) is 0. The molecule has 0 aliphatic heterocycles. The van der Waals surface area contributed by atoms with E-state index in [1.807, 2.05) is 26.0 Å². The van der Waals surface area contributed by atoms with Crippen LogP contribution in [0.3, 0.4) is 0 Å². The van der Waals surface area contributed by atoms with Gasteiger partial charge in [-0.2, -0.15) is 0 Å². The Balaban J connectivity index is 2.01. The molecular formula is C22H21ClN4O3. The number of H-pyrrole nitrogens is 2. The minimum absolute atomic E-state index is 0.265. The average Bonchev–Trinajstić information content (AvgIpc) is 3.09. The second-order valence-electron chi connectivity index (χ2n) is 7.07. The Morgan fingerprint density at radius 3 is 2.53 bits per heavy atom. The van der Waals surface area contributed by atoms with Gasteiger partial charge in [0.2, 0.25) is 0 Å². The van der Waals surface area contributed by atoms with Crippen molar-refractivity contribution < 1.29 is 4.74 Å². The van der Waals surface area contributed by atoms with Gasteiger partial charge in [-0.3, -0.25) is 14.7 Å². The molecule has 3 aromatic heterocycles. The number of nitrogens with one attached hydrogen (secondary N) is 2. The Morgan fingerprint density at radius 2 is 1.87 bits per heavy atom. The monoisotopic (exact) mass is 424 g/mol. The molecule has 0 radical (unpaired) electrons. The van der Waals surface area contributed by atoms with Crippen molar-refractivity contribution in [2.45, 2.75) is 26.9 Å². The van der Waals surface area contributed by atoms with E-state index in [0.29, 0.717) is 27.6 Å². The molecule has 4 rings (SSSR count). The molecular weight excluding hydrogens is 404 g/mol. The second kappa shape index (κ2) is 7.93. The highest BCUT2D eigenvalue weighted by molar-refractivity contribution is 6.30. The van der Waals surface area contributed by atoms with Crippen LogP contribution in [0.2, 0.25) is 5.02 Å². The minimum Gasteiger partial charge on any atom is -0.378 e. The summed E-state index contributed by atoms with van der Waals surface area (Å²) in [4.78, 5) is 33.1. The fraction of sp³-hybridized carbons (Fsp3) is 0.227. The number of aromatic amines is 2. The first-order valence-corrected chi connectivity index (χ1v) is 9.93. The number of hydrogen-bond donors (Lipinski definition) is 2. The van der Waals surface area contributed by atoms with Gasteiger partial charge in [-0.1, -0.05) is 30.7 Å². The van der Waals surface area contributed by atoms with Crippen LogP contribution in [0.4, 0.5) is 0 Å². The first kappa shape index (κ1) is 20.1. The summed E-state index contributed by atoms with van der Waals surface area (Å²) in [6.45, 7) is 4.17. The lowest BCUT2D eigenvalue weighted by molar-refractivity contribution is 0.181. The third-order valence-corrected chi connectivity index (χ3v) is 5.34. The maximum Gasteiger partial charge on any atom is 0.273 e. The van der Waals surface area contributed by atoms with Crippen LogP contribution in [-0.2, 0) is 17.8 Å². The maximum absolute atomic E-state index is 12.9. The largest absolute Gasteiger partial charge is 0.378 e. The van der Waals surface area contributed by atoms with E-state index in [-0.39, 0.29) is 17.7 Å². The highest BCUT2D eigenvalue weighted by Gasteiger charge is 2.19. The first-order chi connectivity index (χ1) is 14.4. The smallest absolute Gasteiger partial charge is 0.273 e. The quantitative estimate of drug-likeness (QED) is 0.510. The number of hydrogen-bond acceptors (Lipinski definition) is 4. The summed E-state index contributed by atoms with van der Waals surface area (Å²) < 4.78 is 6.67. The van der Waals surface area contributed by atoms with Crippen molar-refractivity contribution in [3.63, 3.8) is 0 Å². The second-order valence-corrected chi connectivity index (χ2v) is 7.51. The minimum atomic E-state index is -0.316. The molecule has 8 heteroatoms. The number of fused-ring (bicyclic) bond motifs is 1. The van der Waals surface area contributed by atoms with Gasteiger partial charge in [0, 0.05) is 29.5 Å². The number of nitrogens with zero attached hydrogens (tertiary/aromatic N) is 2. The zero-order chi connectivity index (χ0) is 21.4. The number of rotatable bonds is 5. The average molecular weight is 425 g/mol. The Hall–Kier alpha value is -3.16. The van der Waals surface area contributed by atoms with E-state index in [0.717, 1.165) is 28.8 Å². The molecule has 30 heavy (non-hydrogen) atoms. The number of ether oxygens (including phenoxy) is 1. The Labute approximate surface area is 177 Å². The van der Waals surface area contributed by atoms with Gasteiger partial charge in [0.1, 0.15) is 0 Å². The van der Waals surface area contributed by atoms with Crippen molar-refractivity contribution in [2.75, 3.05) is 7.11 Å². The third-order valence-electron chi connectivity index (χ3n) is 5.09. The summed E-state index contributed by atoms with van der Waals surface area (Å²) in [5.41, 5.74) is 4.60. The summed E-state index contributed by atoms with van der Waals surface area (Å²) >= 11 is 6.04. The van der Waals surface area contributed by atoms with Crippen LogP contribution in [-0.4, -0.2) is 26.7 Å². The molecule has 0 spiro atoms. The van der Waals surface area contributed by atoms with E-state index >= 15 is 0 Å². The van der Waals surface area contributed by atoms with Crippen LogP contribution >= 0.6 is 11.6 Å². The topological polar surface area (TPSA) is 92.2 Å². The molecule has 0 amide bonds. The van der Waals surface area contributed by atoms with Gasteiger partial charge in [-0.25, -0.2) is 9.50 Å². The van der Waals surface area contributed by atoms with Crippen LogP contribution < -0.4 is 11.1 Å². The van der Waals surface area contributed by atoms with Crippen LogP contribution in [0.15, 0.2) is 46.0 Å². The lowest BCUT2D eigenvalue weighted by Gasteiger charge is -2.07. The van der Waals surface area contributed by atoms with Gasteiger partial charge >= 0.3 is 0 Å². The fourth-order valence-electron chi connectivity index (χ4n) is 3.62. The van der Waals surface area contributed by atoms with Gasteiger partial charge in [0.15, 0.2) is 5.65 Å². The van der Waals surface area contributed by atoms with E-state index < -0.39 is 0 Å². The van der Waals surface area contributed by atoms with Crippen LogP contribution in [0, 0.1) is 6.92 Å². The zero-order valence-electron chi connectivity index (χ0n) is 16.9. The van der Waals surface area contributed by atoms with E-state index in [9.17, 15) is 9.59 Å². The van der Waals surface area contributed by atoms with Gasteiger partial charge < -0.3 is 9.72 Å². The molecule has 7 nitrogen and oxygen atoms in total. The Bertz CT molecular complexity index is 1350. The molecule has 4 aromatic rings. The third kappa shape index (κ3) is 3.46. The van der Waals surface area contributed by atoms with Crippen molar-refractivity contribution in [3.8, 4) is 22.4 Å². The normalized spacial score (nSPS) is 11.3. The molecule has 0 saturated carbocycles. The van der Waals surface area contributed by atoms with E-state index in [1.165, 1.54) is 10.6 Å². The molecule has 0 aliphatic rings. The van der Waals surface area contributed by atoms with Gasteiger partial charge in [-0.15, -0.1) is 0 Å². The molecule has 3 heterocycles. The first-order valence-electron chi connectivity index (χ1n) is 9.55. The molecule has 2 N–H and O–H groups in total. The summed E-state index contributed by atoms with van der Waals surface area (Å²) in [5, 5.41) is 3.67. The molecule has 0 bridgehead atoms. The molecule has 0 aliphatic carbocycles. The molecule has 0 atom stereocenters. The van der Waals surface area contributed by atoms with Crippen LogP contribution in [0.25, 0.3) is 28.0 Å². The number of benzene rings is 1. The van der Waals surface area contributed by atoms with Crippen molar-refractivity contribution in [3.05, 3.63) is 79.1 Å². The SMILES string of the molecule is CCc1[nH]c(=O)c(-c2cc(=O)n3[nH]c(COC)c(-c4ccc(Cl)cc4)c3n2)cc1C. The maximum atomic E-state index is 12.9. The predicted molar refractivity (Wildman–Crippen MR) is 117 cm³/mol. The lowest BCUT2D eigenvalue weighted by Crippen LogP contribution is -2.18. The molecule has 0 fully saturated rings. The summed E-state index contributed by atoms with van der Waals surface area (Å²) in [7, 11) is 1.58. The fourth-order valence-corrected chi connectivity index (χ4v) is 3.75. The van der Waals surface area contributed by atoms with E-state index in [4.69, 9.17) is 16.3 Å². The number of halogens is 1. The molecule has 1 aromatic carbocycles. The van der Waals surface area contributed by atoms with Gasteiger partial charge in [-0.05, 0) is 42.7 Å². The van der Waals surface area contributed by atoms with Gasteiger partial charge in [0.25, 0.3) is 11.1 Å². The predicted octanol–water partition coefficient (Wildman–Crippen LogP) is 3.72. The lowest BCUT2D eigenvalue weighted by atomic mass is 10.1. The van der Waals surface area contributed by atoms with Crippen molar-refractivity contribution in [1.29, 1.82) is 0 Å². The molecule has 0 unspecified atom stereocenters. The number of methoxy groups -OCH3 is 1. The summed E-state index contributed by atoms with van der Waals surface area (Å²) in [6, 6.07) is 10.4. The van der Waals surface area contributed by atoms with Crippen molar-refractivity contribution in [2.24, 2.45) is 0 Å². The zero-order valence-corrected chi connectivity index (χ0v) is 17.6. The highest BCUT2D eigenvalue weighted by Crippen LogP contribution is 2.29. The van der Waals surface area contributed by atoms with Crippen molar-refractivity contribution >= 4 is 17.2 Å². The van der Waals surface area contributed by atoms with Crippen LogP contribution in [0.1, 0.15) is 23.9 Å². The van der Waals surface area contributed by atoms with E-state index in [1.54, 1.807) is 25.3 Å². The van der Waals surface area contributed by atoms with E-state index in [2.05, 4.69) is 15.1 Å². The number of aromatic nitrogens is 4. The Morgan fingerprint density at radius 1 is 1.13 bits per heavy atom. The molecule has 154 valence electrons. The van der Waals surface area contributed by atoms with Crippen LogP contribution in [0.5, 0.6) is 0 Å². The van der Waals surface area contributed by atoms with Crippen molar-refractivity contribution in [1.82, 2.24) is 19.6 Å². The Kier molecular flexibility index (Phi) is 5.32. The molecule has 0 saturated heterocycles. The standard InChI is InChI=1S/C22H21ClN4O3/c1-4-16-12(2)9-15(22(29)25-16)17-10-19(28)27-21(24-17)20(18(26-27)11-30-3)13-5-7-14(23)8-6-13/h5-10,26H,4,11H2,1-3H3,(H,25,29). The van der Waals surface area contributed by atoms with Gasteiger partial charge in [0.05, 0.1) is 23.6 Å². The highest BCUT2D eigenvalue weighted by atomic mass is 35.5. The summed E-state index contributed by atoms with van der Waals surface area (Å²) in [6.07, 6.45) is 0.718. The number of pyridine rings is 1. The number of aryl methyl sites for hydroxylation is 2.